The van der Waals surface area contributed by atoms with Gasteiger partial charge in [-0.1, -0.05) is 0 Å². The largest absolute Gasteiger partial charge is 0.494 e. The molecule has 1 fully saturated rings. The number of rotatable bonds is 8. The van der Waals surface area contributed by atoms with E-state index >= 15 is 0 Å². The lowest BCUT2D eigenvalue weighted by Gasteiger charge is -2.24. The molecule has 6 heteroatoms. The molecule has 23 heavy (non-hydrogen) atoms. The fourth-order valence-electron chi connectivity index (χ4n) is 2.49. The molecular weight excluding hydrogens is 314 g/mol. The van der Waals surface area contributed by atoms with Crippen molar-refractivity contribution in [1.82, 2.24) is 4.90 Å². The lowest BCUT2D eigenvalue weighted by atomic mass is 10.1. The Bertz CT molecular complexity index is 635. The normalized spacial score (nSPS) is 16.0. The maximum Gasteiger partial charge on any atom is 0.222 e. The molecule has 0 N–H and O–H groups in total. The van der Waals surface area contributed by atoms with Gasteiger partial charge >= 0.3 is 0 Å². The molecule has 0 bridgehead atoms. The van der Waals surface area contributed by atoms with E-state index in [2.05, 4.69) is 6.92 Å². The van der Waals surface area contributed by atoms with Crippen LogP contribution in [0, 0.1) is 5.92 Å². The predicted octanol–water partition coefficient (Wildman–Crippen LogP) is 2.51. The molecule has 1 atom stereocenters. The average molecular weight is 339 g/mol. The van der Waals surface area contributed by atoms with Gasteiger partial charge in [0.2, 0.25) is 5.91 Å². The van der Waals surface area contributed by atoms with E-state index in [0.29, 0.717) is 37.2 Å². The quantitative estimate of drug-likeness (QED) is 0.683. The number of benzene rings is 1. The van der Waals surface area contributed by atoms with Gasteiger partial charge in [0.25, 0.3) is 0 Å². The zero-order chi connectivity index (χ0) is 17.0. The van der Waals surface area contributed by atoms with Crippen LogP contribution in [-0.2, 0) is 14.6 Å². The maximum atomic E-state index is 12.1. The average Bonchev–Trinajstić information content (AvgIpc) is 3.34. The van der Waals surface area contributed by atoms with E-state index in [1.54, 1.807) is 12.1 Å². The van der Waals surface area contributed by atoms with E-state index in [4.69, 9.17) is 4.74 Å². The van der Waals surface area contributed by atoms with Crippen molar-refractivity contribution in [2.45, 2.75) is 43.5 Å². The van der Waals surface area contributed by atoms with Crippen molar-refractivity contribution in [2.24, 2.45) is 5.92 Å². The minimum Gasteiger partial charge on any atom is -0.494 e. The Balaban J connectivity index is 1.71. The Morgan fingerprint density at radius 2 is 1.91 bits per heavy atom. The molecule has 0 radical (unpaired) electrons. The van der Waals surface area contributed by atoms with Crippen molar-refractivity contribution in [2.75, 3.05) is 19.9 Å². The highest BCUT2D eigenvalue weighted by molar-refractivity contribution is 7.90. The number of ether oxygens (including phenoxy) is 1. The number of carbonyl (C=O) groups is 1. The third kappa shape index (κ3) is 5.23. The summed E-state index contributed by atoms with van der Waals surface area (Å²) in [5, 5.41) is 0. The van der Waals surface area contributed by atoms with Crippen LogP contribution in [0.25, 0.3) is 0 Å². The van der Waals surface area contributed by atoms with Gasteiger partial charge in [-0.3, -0.25) is 4.79 Å². The van der Waals surface area contributed by atoms with E-state index in [1.807, 2.05) is 11.9 Å². The molecule has 1 saturated carbocycles. The van der Waals surface area contributed by atoms with E-state index in [0.717, 1.165) is 0 Å². The van der Waals surface area contributed by atoms with E-state index in [9.17, 15) is 13.2 Å². The standard InChI is InChI=1S/C17H25NO4S/c1-13(14-6-7-14)18(2)17(19)5-4-12-22-15-8-10-16(11-9-15)23(3,20)21/h8-11,13-14H,4-7,12H2,1-3H3/t13-/m1/s1. The molecular formula is C17H25NO4S. The number of nitrogens with zero attached hydrogens (tertiary/aromatic N) is 1. The summed E-state index contributed by atoms with van der Waals surface area (Å²) in [5.41, 5.74) is 0. The first-order valence-corrected chi connectivity index (χ1v) is 9.87. The number of sulfone groups is 1. The van der Waals surface area contributed by atoms with Gasteiger partial charge in [-0.05, 0) is 56.4 Å². The van der Waals surface area contributed by atoms with Gasteiger partial charge in [-0.25, -0.2) is 8.42 Å². The molecule has 1 aromatic rings. The van der Waals surface area contributed by atoms with E-state index in [-0.39, 0.29) is 10.8 Å². The van der Waals surface area contributed by atoms with Gasteiger partial charge in [0.15, 0.2) is 9.84 Å². The second-order valence-corrected chi connectivity index (χ2v) is 8.29. The fourth-order valence-corrected chi connectivity index (χ4v) is 3.13. The van der Waals surface area contributed by atoms with Crippen LogP contribution in [0.1, 0.15) is 32.6 Å². The third-order valence-electron chi connectivity index (χ3n) is 4.36. The van der Waals surface area contributed by atoms with Crippen LogP contribution in [0.3, 0.4) is 0 Å². The Morgan fingerprint density at radius 3 is 2.43 bits per heavy atom. The molecule has 1 amide bonds. The van der Waals surface area contributed by atoms with Crippen molar-refractivity contribution in [3.8, 4) is 5.75 Å². The first-order chi connectivity index (χ1) is 10.8. The smallest absolute Gasteiger partial charge is 0.222 e. The Morgan fingerprint density at radius 1 is 1.30 bits per heavy atom. The summed E-state index contributed by atoms with van der Waals surface area (Å²) < 4.78 is 28.3. The predicted molar refractivity (Wildman–Crippen MR) is 89.2 cm³/mol. The van der Waals surface area contributed by atoms with Crippen LogP contribution in [-0.4, -0.2) is 45.2 Å². The Labute approximate surface area is 138 Å². The van der Waals surface area contributed by atoms with Gasteiger partial charge in [-0.15, -0.1) is 0 Å². The molecule has 1 aliphatic rings. The first kappa shape index (κ1) is 17.8. The molecule has 0 spiro atoms. The SMILES string of the molecule is C[C@H](C1CC1)N(C)C(=O)CCCOc1ccc(S(C)(=O)=O)cc1. The summed E-state index contributed by atoms with van der Waals surface area (Å²) in [4.78, 5) is 14.2. The van der Waals surface area contributed by atoms with Crippen molar-refractivity contribution >= 4 is 15.7 Å². The van der Waals surface area contributed by atoms with Crippen LogP contribution in [0.15, 0.2) is 29.2 Å². The molecule has 0 aromatic heterocycles. The van der Waals surface area contributed by atoms with Crippen molar-refractivity contribution in [3.05, 3.63) is 24.3 Å². The van der Waals surface area contributed by atoms with Crippen molar-refractivity contribution in [3.63, 3.8) is 0 Å². The molecule has 2 rings (SSSR count). The minimum absolute atomic E-state index is 0.153. The summed E-state index contributed by atoms with van der Waals surface area (Å²) in [7, 11) is -1.31. The Hall–Kier alpha value is -1.56. The van der Waals surface area contributed by atoms with E-state index in [1.165, 1.54) is 31.2 Å². The highest BCUT2D eigenvalue weighted by atomic mass is 32.2. The lowest BCUT2D eigenvalue weighted by molar-refractivity contribution is -0.132. The van der Waals surface area contributed by atoms with Gasteiger partial charge in [0, 0.05) is 25.8 Å². The fraction of sp³-hybridized carbons (Fsp3) is 0.588. The highest BCUT2D eigenvalue weighted by Gasteiger charge is 2.32. The van der Waals surface area contributed by atoms with Gasteiger partial charge < -0.3 is 9.64 Å². The van der Waals surface area contributed by atoms with Crippen molar-refractivity contribution < 1.29 is 17.9 Å². The van der Waals surface area contributed by atoms with Crippen LogP contribution >= 0.6 is 0 Å². The van der Waals surface area contributed by atoms with Gasteiger partial charge in [-0.2, -0.15) is 0 Å². The molecule has 0 aliphatic heterocycles. The van der Waals surface area contributed by atoms with Crippen LogP contribution in [0.4, 0.5) is 0 Å². The zero-order valence-corrected chi connectivity index (χ0v) is 14.8. The lowest BCUT2D eigenvalue weighted by Crippen LogP contribution is -2.36. The molecule has 0 heterocycles. The summed E-state index contributed by atoms with van der Waals surface area (Å²) >= 11 is 0. The number of carbonyl (C=O) groups excluding carboxylic acids is 1. The summed E-state index contributed by atoms with van der Waals surface area (Å²) in [6.07, 6.45) is 4.74. The van der Waals surface area contributed by atoms with Gasteiger partial charge in [0.05, 0.1) is 11.5 Å². The molecule has 5 nitrogen and oxygen atoms in total. The molecule has 0 saturated heterocycles. The first-order valence-electron chi connectivity index (χ1n) is 7.97. The van der Waals surface area contributed by atoms with Crippen molar-refractivity contribution in [1.29, 1.82) is 0 Å². The van der Waals surface area contributed by atoms with Crippen LogP contribution in [0.5, 0.6) is 5.75 Å². The molecule has 1 aromatic carbocycles. The molecule has 128 valence electrons. The van der Waals surface area contributed by atoms with Crippen LogP contribution in [0.2, 0.25) is 0 Å². The number of hydrogen-bond donors (Lipinski definition) is 0. The maximum absolute atomic E-state index is 12.1. The summed E-state index contributed by atoms with van der Waals surface area (Å²) in [6.45, 7) is 2.55. The molecule has 1 aliphatic carbocycles. The summed E-state index contributed by atoms with van der Waals surface area (Å²) in [5.74, 6) is 1.44. The van der Waals surface area contributed by atoms with Gasteiger partial charge in [0.1, 0.15) is 5.75 Å². The topological polar surface area (TPSA) is 63.7 Å². The zero-order valence-electron chi connectivity index (χ0n) is 14.0. The second kappa shape index (κ2) is 7.34. The van der Waals surface area contributed by atoms with E-state index < -0.39 is 9.84 Å². The highest BCUT2D eigenvalue weighted by Crippen LogP contribution is 2.34. The van der Waals surface area contributed by atoms with Crippen LogP contribution < -0.4 is 4.74 Å². The number of amides is 1. The monoisotopic (exact) mass is 339 g/mol. The minimum atomic E-state index is -3.18. The number of hydrogen-bond acceptors (Lipinski definition) is 4. The molecule has 0 unspecified atom stereocenters. The summed E-state index contributed by atoms with van der Waals surface area (Å²) in [6, 6.07) is 6.66. The third-order valence-corrected chi connectivity index (χ3v) is 5.49. The second-order valence-electron chi connectivity index (χ2n) is 6.28. The Kier molecular flexibility index (Phi) is 5.68.